The number of nitrogens with zero attached hydrogens (tertiary/aromatic N) is 2. The Bertz CT molecular complexity index is 507. The third-order valence-corrected chi connectivity index (χ3v) is 4.14. The molecular formula is C14H17N3O2. The lowest BCUT2D eigenvalue weighted by atomic mass is 10.00. The number of imide groups is 1. The summed E-state index contributed by atoms with van der Waals surface area (Å²) in [6.07, 6.45) is 4.41. The van der Waals surface area contributed by atoms with Crippen molar-refractivity contribution >= 4 is 17.6 Å². The van der Waals surface area contributed by atoms with Crippen LogP contribution in [0.1, 0.15) is 24.8 Å². The van der Waals surface area contributed by atoms with Gasteiger partial charge >= 0.3 is 0 Å². The average molecular weight is 259 g/mol. The maximum Gasteiger partial charge on any atom is 0.233 e. The van der Waals surface area contributed by atoms with E-state index in [0.29, 0.717) is 6.54 Å². The van der Waals surface area contributed by atoms with Crippen LogP contribution in [-0.2, 0) is 16.1 Å². The molecule has 5 heteroatoms. The topological polar surface area (TPSA) is 62.3 Å². The summed E-state index contributed by atoms with van der Waals surface area (Å²) >= 11 is 0. The van der Waals surface area contributed by atoms with Gasteiger partial charge in [-0.2, -0.15) is 0 Å². The number of hydrogen-bond acceptors (Lipinski definition) is 4. The van der Waals surface area contributed by atoms with Crippen molar-refractivity contribution in [1.82, 2.24) is 9.88 Å². The minimum absolute atomic E-state index is 0.00148. The van der Waals surface area contributed by atoms with E-state index in [-0.39, 0.29) is 23.7 Å². The molecule has 1 saturated heterocycles. The Morgan fingerprint density at radius 2 is 2.00 bits per heavy atom. The van der Waals surface area contributed by atoms with Crippen molar-refractivity contribution < 1.29 is 9.59 Å². The molecule has 2 aliphatic rings. The van der Waals surface area contributed by atoms with Gasteiger partial charge in [-0.05, 0) is 18.9 Å². The Kier molecular flexibility index (Phi) is 2.97. The van der Waals surface area contributed by atoms with E-state index < -0.39 is 0 Å². The molecule has 1 N–H and O–H groups in total. The van der Waals surface area contributed by atoms with E-state index >= 15 is 0 Å². The largest absolute Gasteiger partial charge is 0.373 e. The Morgan fingerprint density at radius 1 is 1.32 bits per heavy atom. The summed E-state index contributed by atoms with van der Waals surface area (Å²) in [4.78, 5) is 30.1. The number of anilines is 1. The molecule has 2 unspecified atom stereocenters. The number of fused-ring (bicyclic) bond motifs is 1. The second-order valence-corrected chi connectivity index (χ2v) is 5.17. The van der Waals surface area contributed by atoms with Crippen LogP contribution >= 0.6 is 0 Å². The van der Waals surface area contributed by atoms with Gasteiger partial charge in [0.15, 0.2) is 0 Å². The standard InChI is InChI=1S/C14H17N3O2/c1-15-12-9(4-3-7-16-12)8-17-13(18)10-5-2-6-11(10)14(17)19/h3-4,7,10-11H,2,5-6,8H2,1H3,(H,15,16). The van der Waals surface area contributed by atoms with Crippen molar-refractivity contribution in [1.29, 1.82) is 0 Å². The molecule has 2 fully saturated rings. The van der Waals surface area contributed by atoms with E-state index in [4.69, 9.17) is 0 Å². The summed E-state index contributed by atoms with van der Waals surface area (Å²) in [6.45, 7) is 0.328. The normalized spacial score (nSPS) is 25.8. The molecule has 0 bridgehead atoms. The molecule has 1 aromatic heterocycles. The van der Waals surface area contributed by atoms with Crippen LogP contribution in [0.5, 0.6) is 0 Å². The molecule has 2 heterocycles. The molecule has 19 heavy (non-hydrogen) atoms. The number of carbonyl (C=O) groups excluding carboxylic acids is 2. The first-order chi connectivity index (χ1) is 9.22. The first-order valence-electron chi connectivity index (χ1n) is 6.69. The first kappa shape index (κ1) is 12.1. The number of amides is 2. The molecule has 2 amide bonds. The number of nitrogens with one attached hydrogen (secondary N) is 1. The summed E-state index contributed by atoms with van der Waals surface area (Å²) in [5, 5.41) is 2.99. The molecule has 0 aromatic carbocycles. The van der Waals surface area contributed by atoms with Crippen LogP contribution in [-0.4, -0.2) is 28.7 Å². The third-order valence-electron chi connectivity index (χ3n) is 4.14. The lowest BCUT2D eigenvalue weighted by Crippen LogP contribution is -2.31. The fraction of sp³-hybridized carbons (Fsp3) is 0.500. The van der Waals surface area contributed by atoms with Gasteiger partial charge < -0.3 is 5.32 Å². The maximum atomic E-state index is 12.3. The van der Waals surface area contributed by atoms with Gasteiger partial charge in [-0.1, -0.05) is 12.5 Å². The number of pyridine rings is 1. The van der Waals surface area contributed by atoms with E-state index in [1.807, 2.05) is 12.1 Å². The first-order valence-corrected chi connectivity index (χ1v) is 6.69. The summed E-state index contributed by atoms with van der Waals surface area (Å²) in [5.74, 6) is 0.585. The van der Waals surface area contributed by atoms with Gasteiger partial charge in [0.2, 0.25) is 11.8 Å². The minimum Gasteiger partial charge on any atom is -0.373 e. The zero-order chi connectivity index (χ0) is 13.4. The highest BCUT2D eigenvalue weighted by atomic mass is 16.2. The zero-order valence-electron chi connectivity index (χ0n) is 10.9. The van der Waals surface area contributed by atoms with E-state index in [2.05, 4.69) is 10.3 Å². The zero-order valence-corrected chi connectivity index (χ0v) is 10.9. The van der Waals surface area contributed by atoms with E-state index in [0.717, 1.165) is 30.6 Å². The van der Waals surface area contributed by atoms with Gasteiger partial charge in [0.05, 0.1) is 18.4 Å². The van der Waals surface area contributed by atoms with Crippen molar-refractivity contribution in [2.24, 2.45) is 11.8 Å². The Balaban J connectivity index is 1.84. The molecule has 1 aromatic rings. The maximum absolute atomic E-state index is 12.3. The Labute approximate surface area is 112 Å². The van der Waals surface area contributed by atoms with Crippen molar-refractivity contribution in [3.63, 3.8) is 0 Å². The fourth-order valence-electron chi connectivity index (χ4n) is 3.18. The lowest BCUT2D eigenvalue weighted by Gasteiger charge is -2.17. The highest BCUT2D eigenvalue weighted by Crippen LogP contribution is 2.40. The summed E-state index contributed by atoms with van der Waals surface area (Å²) in [5.41, 5.74) is 0.881. The number of likely N-dealkylation sites (tertiary alicyclic amines) is 1. The fourth-order valence-corrected chi connectivity index (χ4v) is 3.18. The quantitative estimate of drug-likeness (QED) is 0.834. The van der Waals surface area contributed by atoms with E-state index in [1.165, 1.54) is 4.90 Å². The van der Waals surface area contributed by atoms with Crippen LogP contribution in [0.4, 0.5) is 5.82 Å². The molecule has 0 spiro atoms. The lowest BCUT2D eigenvalue weighted by molar-refractivity contribution is -0.141. The molecule has 2 atom stereocenters. The van der Waals surface area contributed by atoms with E-state index in [1.54, 1.807) is 13.2 Å². The highest BCUT2D eigenvalue weighted by molar-refractivity contribution is 6.05. The third kappa shape index (κ3) is 1.89. The summed E-state index contributed by atoms with van der Waals surface area (Å²) in [7, 11) is 1.79. The molecular weight excluding hydrogens is 242 g/mol. The number of hydrogen-bond donors (Lipinski definition) is 1. The average Bonchev–Trinajstić information content (AvgIpc) is 2.99. The number of carbonyl (C=O) groups is 2. The molecule has 1 aliphatic carbocycles. The van der Waals surface area contributed by atoms with Crippen molar-refractivity contribution in [2.75, 3.05) is 12.4 Å². The van der Waals surface area contributed by atoms with Crippen molar-refractivity contribution in [3.05, 3.63) is 23.9 Å². The van der Waals surface area contributed by atoms with Crippen molar-refractivity contribution in [3.8, 4) is 0 Å². The van der Waals surface area contributed by atoms with Crippen LogP contribution in [0.3, 0.4) is 0 Å². The molecule has 1 aliphatic heterocycles. The number of rotatable bonds is 3. The Hall–Kier alpha value is -1.91. The van der Waals surface area contributed by atoms with Gasteiger partial charge in [-0.3, -0.25) is 14.5 Å². The molecule has 3 rings (SSSR count). The van der Waals surface area contributed by atoms with Crippen LogP contribution in [0.15, 0.2) is 18.3 Å². The molecule has 5 nitrogen and oxygen atoms in total. The molecule has 1 saturated carbocycles. The monoisotopic (exact) mass is 259 g/mol. The highest BCUT2D eigenvalue weighted by Gasteiger charge is 2.49. The minimum atomic E-state index is -0.0674. The van der Waals surface area contributed by atoms with Crippen LogP contribution < -0.4 is 5.32 Å². The smallest absolute Gasteiger partial charge is 0.233 e. The van der Waals surface area contributed by atoms with Gasteiger partial charge in [-0.15, -0.1) is 0 Å². The Morgan fingerprint density at radius 3 is 2.63 bits per heavy atom. The molecule has 100 valence electrons. The van der Waals surface area contributed by atoms with Crippen LogP contribution in [0.25, 0.3) is 0 Å². The predicted molar refractivity (Wildman–Crippen MR) is 70.2 cm³/mol. The van der Waals surface area contributed by atoms with Gasteiger partial charge in [0, 0.05) is 18.8 Å². The second kappa shape index (κ2) is 4.64. The van der Waals surface area contributed by atoms with E-state index in [9.17, 15) is 9.59 Å². The van der Waals surface area contributed by atoms with Gasteiger partial charge in [-0.25, -0.2) is 4.98 Å². The van der Waals surface area contributed by atoms with Crippen LogP contribution in [0, 0.1) is 11.8 Å². The van der Waals surface area contributed by atoms with Gasteiger partial charge in [0.25, 0.3) is 0 Å². The van der Waals surface area contributed by atoms with Gasteiger partial charge in [0.1, 0.15) is 5.82 Å². The summed E-state index contributed by atoms with van der Waals surface area (Å²) in [6, 6.07) is 3.72. The summed E-state index contributed by atoms with van der Waals surface area (Å²) < 4.78 is 0. The predicted octanol–water partition coefficient (Wildman–Crippen LogP) is 1.41. The number of aromatic nitrogens is 1. The second-order valence-electron chi connectivity index (χ2n) is 5.17. The SMILES string of the molecule is CNc1ncccc1CN1C(=O)C2CCCC2C1=O. The molecule has 0 radical (unpaired) electrons. The van der Waals surface area contributed by atoms with Crippen LogP contribution in [0.2, 0.25) is 0 Å². The van der Waals surface area contributed by atoms with Crippen molar-refractivity contribution in [2.45, 2.75) is 25.8 Å².